The molecule has 0 heterocycles. The Balaban J connectivity index is 2.21. The molecule has 1 amide bonds. The molecule has 0 saturated heterocycles. The van der Waals surface area contributed by atoms with Crippen LogP contribution in [0.4, 0.5) is 11.4 Å². The zero-order valence-corrected chi connectivity index (χ0v) is 14.4. The molecule has 0 atom stereocenters. The van der Waals surface area contributed by atoms with Gasteiger partial charge in [-0.1, -0.05) is 19.1 Å². The van der Waals surface area contributed by atoms with Gasteiger partial charge in [0, 0.05) is 12.6 Å². The summed E-state index contributed by atoms with van der Waals surface area (Å²) < 4.78 is 33.1. The second kappa shape index (κ2) is 7.83. The van der Waals surface area contributed by atoms with Gasteiger partial charge in [-0.15, -0.1) is 0 Å². The fourth-order valence-corrected chi connectivity index (χ4v) is 3.08. The van der Waals surface area contributed by atoms with Crippen molar-refractivity contribution in [2.24, 2.45) is 0 Å². The minimum Gasteiger partial charge on any atom is -0.491 e. The molecule has 0 aliphatic heterocycles. The summed E-state index contributed by atoms with van der Waals surface area (Å²) >= 11 is 0. The molecule has 0 aliphatic rings. The molecule has 7 heteroatoms. The number of anilines is 2. The molecular formula is C17H20N2O4S. The Morgan fingerprint density at radius 3 is 2.38 bits per heavy atom. The number of hydrogen-bond donors (Lipinski definition) is 2. The number of nitrogens with one attached hydrogen (secondary N) is 2. The Kier molecular flexibility index (Phi) is 5.81. The van der Waals surface area contributed by atoms with E-state index in [0.29, 0.717) is 23.7 Å². The molecule has 0 bridgehead atoms. The van der Waals surface area contributed by atoms with Crippen LogP contribution in [0, 0.1) is 0 Å². The normalized spacial score (nSPS) is 10.9. The van der Waals surface area contributed by atoms with E-state index >= 15 is 0 Å². The number of amides is 1. The van der Waals surface area contributed by atoms with Crippen LogP contribution in [-0.2, 0) is 14.8 Å². The third-order valence-electron chi connectivity index (χ3n) is 3.08. The second-order valence-corrected chi connectivity index (χ2v) is 6.84. The predicted molar refractivity (Wildman–Crippen MR) is 93.8 cm³/mol. The van der Waals surface area contributed by atoms with Gasteiger partial charge < -0.3 is 10.1 Å². The van der Waals surface area contributed by atoms with Gasteiger partial charge in [-0.05, 0) is 42.8 Å². The smallest absolute Gasteiger partial charge is 0.262 e. The Hall–Kier alpha value is -2.54. The SMILES string of the molecule is CCCOc1ccccc1NS(=O)(=O)c1ccc(NC(C)=O)cc1. The first kappa shape index (κ1) is 17.8. The van der Waals surface area contributed by atoms with Gasteiger partial charge in [0.05, 0.1) is 17.2 Å². The van der Waals surface area contributed by atoms with Crippen molar-refractivity contribution in [3.8, 4) is 5.75 Å². The summed E-state index contributed by atoms with van der Waals surface area (Å²) in [5, 5.41) is 2.59. The standard InChI is InChI=1S/C17H20N2O4S/c1-3-12-23-17-7-5-4-6-16(17)19-24(21,22)15-10-8-14(9-11-15)18-13(2)20/h4-11,19H,3,12H2,1-2H3,(H,18,20). The van der Waals surface area contributed by atoms with Gasteiger partial charge >= 0.3 is 0 Å². The summed E-state index contributed by atoms with van der Waals surface area (Å²) in [7, 11) is -3.75. The van der Waals surface area contributed by atoms with E-state index in [-0.39, 0.29) is 10.8 Å². The van der Waals surface area contributed by atoms with Gasteiger partial charge in [0.1, 0.15) is 5.75 Å². The van der Waals surface area contributed by atoms with E-state index in [2.05, 4.69) is 10.0 Å². The van der Waals surface area contributed by atoms with Gasteiger partial charge in [0.15, 0.2) is 0 Å². The van der Waals surface area contributed by atoms with Crippen LogP contribution in [0.5, 0.6) is 5.75 Å². The molecule has 128 valence electrons. The highest BCUT2D eigenvalue weighted by Gasteiger charge is 2.16. The molecule has 0 aromatic heterocycles. The van der Waals surface area contributed by atoms with Crippen molar-refractivity contribution in [3.63, 3.8) is 0 Å². The van der Waals surface area contributed by atoms with E-state index in [0.717, 1.165) is 6.42 Å². The Labute approximate surface area is 141 Å². The number of carbonyl (C=O) groups excluding carboxylic acids is 1. The summed E-state index contributed by atoms with van der Waals surface area (Å²) in [6.07, 6.45) is 0.825. The van der Waals surface area contributed by atoms with Crippen LogP contribution < -0.4 is 14.8 Å². The van der Waals surface area contributed by atoms with Crippen molar-refractivity contribution < 1.29 is 17.9 Å². The van der Waals surface area contributed by atoms with E-state index in [4.69, 9.17) is 4.74 Å². The molecule has 0 unspecified atom stereocenters. The first-order valence-electron chi connectivity index (χ1n) is 7.54. The average Bonchev–Trinajstić information content (AvgIpc) is 2.54. The molecule has 2 rings (SSSR count). The van der Waals surface area contributed by atoms with Crippen LogP contribution in [0.1, 0.15) is 20.3 Å². The summed E-state index contributed by atoms with van der Waals surface area (Å²) in [5.41, 5.74) is 0.921. The number of rotatable bonds is 7. The third kappa shape index (κ3) is 4.73. The van der Waals surface area contributed by atoms with Crippen molar-refractivity contribution in [3.05, 3.63) is 48.5 Å². The molecule has 2 aromatic rings. The molecule has 0 spiro atoms. The molecule has 0 radical (unpaired) electrons. The zero-order valence-electron chi connectivity index (χ0n) is 13.6. The first-order chi connectivity index (χ1) is 11.4. The van der Waals surface area contributed by atoms with Crippen molar-refractivity contribution in [1.82, 2.24) is 0 Å². The third-order valence-corrected chi connectivity index (χ3v) is 4.46. The van der Waals surface area contributed by atoms with Crippen LogP contribution in [0.15, 0.2) is 53.4 Å². The van der Waals surface area contributed by atoms with Gasteiger partial charge in [-0.2, -0.15) is 0 Å². The lowest BCUT2D eigenvalue weighted by Gasteiger charge is -2.13. The van der Waals surface area contributed by atoms with Gasteiger partial charge in [-0.25, -0.2) is 8.42 Å². The van der Waals surface area contributed by atoms with E-state index in [1.54, 1.807) is 24.3 Å². The van der Waals surface area contributed by atoms with Gasteiger partial charge in [0.25, 0.3) is 10.0 Å². The van der Waals surface area contributed by atoms with Crippen molar-refractivity contribution in [1.29, 1.82) is 0 Å². The fourth-order valence-electron chi connectivity index (χ4n) is 2.01. The highest BCUT2D eigenvalue weighted by molar-refractivity contribution is 7.92. The van der Waals surface area contributed by atoms with Crippen LogP contribution in [0.3, 0.4) is 0 Å². The molecule has 0 fully saturated rings. The van der Waals surface area contributed by atoms with Crippen molar-refractivity contribution in [2.45, 2.75) is 25.2 Å². The van der Waals surface area contributed by atoms with Crippen molar-refractivity contribution >= 4 is 27.3 Å². The van der Waals surface area contributed by atoms with Crippen LogP contribution >= 0.6 is 0 Å². The lowest BCUT2D eigenvalue weighted by atomic mass is 10.3. The molecule has 0 aliphatic carbocycles. The molecular weight excluding hydrogens is 328 g/mol. The summed E-state index contributed by atoms with van der Waals surface area (Å²) in [5.74, 6) is 0.267. The molecule has 0 saturated carbocycles. The minimum absolute atomic E-state index is 0.0990. The van der Waals surface area contributed by atoms with Crippen molar-refractivity contribution in [2.75, 3.05) is 16.6 Å². The number of carbonyl (C=O) groups is 1. The molecule has 2 aromatic carbocycles. The van der Waals surface area contributed by atoms with Crippen LogP contribution in [0.25, 0.3) is 0 Å². The summed E-state index contributed by atoms with van der Waals surface area (Å²) in [4.78, 5) is 11.1. The van der Waals surface area contributed by atoms with E-state index < -0.39 is 10.0 Å². The molecule has 6 nitrogen and oxygen atoms in total. The monoisotopic (exact) mass is 348 g/mol. The maximum atomic E-state index is 12.5. The summed E-state index contributed by atoms with van der Waals surface area (Å²) in [6, 6.07) is 12.8. The first-order valence-corrected chi connectivity index (χ1v) is 9.03. The number of benzene rings is 2. The topological polar surface area (TPSA) is 84.5 Å². The number of ether oxygens (including phenoxy) is 1. The molecule has 24 heavy (non-hydrogen) atoms. The second-order valence-electron chi connectivity index (χ2n) is 5.16. The highest BCUT2D eigenvalue weighted by atomic mass is 32.2. The van der Waals surface area contributed by atoms with Gasteiger partial charge in [-0.3, -0.25) is 9.52 Å². The summed E-state index contributed by atoms with van der Waals surface area (Å²) in [6.45, 7) is 3.87. The Morgan fingerprint density at radius 2 is 1.75 bits per heavy atom. The highest BCUT2D eigenvalue weighted by Crippen LogP contribution is 2.27. The predicted octanol–water partition coefficient (Wildman–Crippen LogP) is 3.23. The maximum Gasteiger partial charge on any atom is 0.262 e. The maximum absolute atomic E-state index is 12.5. The zero-order chi connectivity index (χ0) is 17.6. The van der Waals surface area contributed by atoms with Crippen LogP contribution in [-0.4, -0.2) is 20.9 Å². The van der Waals surface area contributed by atoms with E-state index in [1.165, 1.54) is 31.2 Å². The number of hydrogen-bond acceptors (Lipinski definition) is 4. The lowest BCUT2D eigenvalue weighted by Crippen LogP contribution is -2.14. The number of sulfonamides is 1. The fraction of sp³-hybridized carbons (Fsp3) is 0.235. The number of para-hydroxylation sites is 2. The average molecular weight is 348 g/mol. The lowest BCUT2D eigenvalue weighted by molar-refractivity contribution is -0.114. The Bertz CT molecular complexity index is 802. The minimum atomic E-state index is -3.75. The quantitative estimate of drug-likeness (QED) is 0.804. The van der Waals surface area contributed by atoms with Crippen LogP contribution in [0.2, 0.25) is 0 Å². The van der Waals surface area contributed by atoms with E-state index in [1.807, 2.05) is 6.92 Å². The van der Waals surface area contributed by atoms with E-state index in [9.17, 15) is 13.2 Å². The largest absolute Gasteiger partial charge is 0.491 e. The molecule has 2 N–H and O–H groups in total. The van der Waals surface area contributed by atoms with Gasteiger partial charge in [0.2, 0.25) is 5.91 Å². The Morgan fingerprint density at radius 1 is 1.08 bits per heavy atom.